The lowest BCUT2D eigenvalue weighted by Gasteiger charge is -2.28. The first-order chi connectivity index (χ1) is 7.77. The molecule has 3 nitrogen and oxygen atoms in total. The molecule has 0 aliphatic heterocycles. The molecule has 17 heavy (non-hydrogen) atoms. The Morgan fingerprint density at radius 1 is 1.24 bits per heavy atom. The van der Waals surface area contributed by atoms with Crippen LogP contribution in [0.3, 0.4) is 0 Å². The van der Waals surface area contributed by atoms with Crippen LogP contribution in [0.25, 0.3) is 0 Å². The van der Waals surface area contributed by atoms with E-state index in [1.807, 2.05) is 26.0 Å². The highest BCUT2D eigenvalue weighted by Crippen LogP contribution is 2.31. The standard InChI is InChI=1S/C14H24N2O/c1-9(2)11-8-10(6-7-12(11)17-5)13(15)14(3,4)16/h6-9,13H,15-16H2,1-5H3. The Morgan fingerprint density at radius 3 is 2.24 bits per heavy atom. The molecule has 1 rings (SSSR count). The second-order valence-electron chi connectivity index (χ2n) is 5.46. The third-order valence-electron chi connectivity index (χ3n) is 3.04. The number of ether oxygens (including phenoxy) is 1. The molecule has 0 saturated carbocycles. The summed E-state index contributed by atoms with van der Waals surface area (Å²) in [7, 11) is 1.69. The van der Waals surface area contributed by atoms with Crippen molar-refractivity contribution in [2.75, 3.05) is 7.11 Å². The van der Waals surface area contributed by atoms with E-state index in [2.05, 4.69) is 19.9 Å². The minimum atomic E-state index is -0.428. The summed E-state index contributed by atoms with van der Waals surface area (Å²) in [6.07, 6.45) is 0. The molecule has 0 aromatic heterocycles. The van der Waals surface area contributed by atoms with Gasteiger partial charge in [0.15, 0.2) is 0 Å². The van der Waals surface area contributed by atoms with Crippen molar-refractivity contribution in [2.45, 2.75) is 45.2 Å². The van der Waals surface area contributed by atoms with Crippen molar-refractivity contribution in [3.63, 3.8) is 0 Å². The van der Waals surface area contributed by atoms with Crippen molar-refractivity contribution >= 4 is 0 Å². The average Bonchev–Trinajstić information content (AvgIpc) is 2.25. The van der Waals surface area contributed by atoms with Crippen molar-refractivity contribution in [2.24, 2.45) is 11.5 Å². The first-order valence-corrected chi connectivity index (χ1v) is 5.99. The van der Waals surface area contributed by atoms with Crippen LogP contribution < -0.4 is 16.2 Å². The van der Waals surface area contributed by atoms with E-state index in [-0.39, 0.29) is 6.04 Å². The van der Waals surface area contributed by atoms with Gasteiger partial charge in [-0.2, -0.15) is 0 Å². The molecule has 0 aliphatic rings. The number of hydrogen-bond donors (Lipinski definition) is 2. The van der Waals surface area contributed by atoms with Gasteiger partial charge in [-0.05, 0) is 37.0 Å². The predicted molar refractivity (Wildman–Crippen MR) is 72.3 cm³/mol. The Balaban J connectivity index is 3.17. The minimum Gasteiger partial charge on any atom is -0.496 e. The lowest BCUT2D eigenvalue weighted by atomic mass is 9.88. The number of methoxy groups -OCH3 is 1. The molecule has 0 spiro atoms. The molecule has 1 unspecified atom stereocenters. The second kappa shape index (κ2) is 5.07. The maximum absolute atomic E-state index is 6.17. The number of hydrogen-bond acceptors (Lipinski definition) is 3. The zero-order chi connectivity index (χ0) is 13.2. The van der Waals surface area contributed by atoms with Crippen molar-refractivity contribution < 1.29 is 4.74 Å². The molecule has 0 saturated heterocycles. The van der Waals surface area contributed by atoms with E-state index in [0.717, 1.165) is 11.3 Å². The van der Waals surface area contributed by atoms with Gasteiger partial charge >= 0.3 is 0 Å². The summed E-state index contributed by atoms with van der Waals surface area (Å²) in [5.41, 5.74) is 14.0. The maximum atomic E-state index is 6.17. The molecule has 0 aliphatic carbocycles. The Labute approximate surface area is 104 Å². The summed E-state index contributed by atoms with van der Waals surface area (Å²) >= 11 is 0. The Kier molecular flexibility index (Phi) is 4.17. The van der Waals surface area contributed by atoms with Gasteiger partial charge in [0, 0.05) is 11.6 Å². The summed E-state index contributed by atoms with van der Waals surface area (Å²) < 4.78 is 5.35. The molecule has 0 heterocycles. The van der Waals surface area contributed by atoms with Crippen molar-refractivity contribution in [1.29, 1.82) is 0 Å². The smallest absolute Gasteiger partial charge is 0.122 e. The molecule has 0 fully saturated rings. The Morgan fingerprint density at radius 2 is 1.82 bits per heavy atom. The highest BCUT2D eigenvalue weighted by atomic mass is 16.5. The fourth-order valence-corrected chi connectivity index (χ4v) is 1.83. The topological polar surface area (TPSA) is 61.3 Å². The fraction of sp³-hybridized carbons (Fsp3) is 0.571. The zero-order valence-corrected chi connectivity index (χ0v) is 11.4. The van der Waals surface area contributed by atoms with Crippen LogP contribution in [0.2, 0.25) is 0 Å². The summed E-state index contributed by atoms with van der Waals surface area (Å²) in [5.74, 6) is 1.31. The summed E-state index contributed by atoms with van der Waals surface area (Å²) in [6.45, 7) is 8.16. The van der Waals surface area contributed by atoms with Gasteiger partial charge in [0.2, 0.25) is 0 Å². The first-order valence-electron chi connectivity index (χ1n) is 5.99. The van der Waals surface area contributed by atoms with E-state index in [4.69, 9.17) is 16.2 Å². The number of benzene rings is 1. The lowest BCUT2D eigenvalue weighted by molar-refractivity contribution is 0.403. The molecular formula is C14H24N2O. The van der Waals surface area contributed by atoms with Crippen LogP contribution in [0.15, 0.2) is 18.2 Å². The maximum Gasteiger partial charge on any atom is 0.122 e. The van der Waals surface area contributed by atoms with Gasteiger partial charge in [0.25, 0.3) is 0 Å². The average molecular weight is 236 g/mol. The van der Waals surface area contributed by atoms with Crippen LogP contribution in [-0.4, -0.2) is 12.6 Å². The molecule has 3 heteroatoms. The highest BCUT2D eigenvalue weighted by Gasteiger charge is 2.23. The van der Waals surface area contributed by atoms with Gasteiger partial charge < -0.3 is 16.2 Å². The highest BCUT2D eigenvalue weighted by molar-refractivity contribution is 5.41. The van der Waals surface area contributed by atoms with Crippen molar-refractivity contribution in [3.05, 3.63) is 29.3 Å². The van der Waals surface area contributed by atoms with Crippen LogP contribution in [0.1, 0.15) is 50.8 Å². The van der Waals surface area contributed by atoms with E-state index in [0.29, 0.717) is 5.92 Å². The van der Waals surface area contributed by atoms with E-state index in [1.165, 1.54) is 5.56 Å². The number of nitrogens with two attached hydrogens (primary N) is 2. The molecule has 1 aromatic carbocycles. The van der Waals surface area contributed by atoms with Gasteiger partial charge in [-0.25, -0.2) is 0 Å². The SMILES string of the molecule is COc1ccc(C(N)C(C)(C)N)cc1C(C)C. The Bertz CT molecular complexity index is 380. The van der Waals surface area contributed by atoms with E-state index in [1.54, 1.807) is 7.11 Å². The second-order valence-corrected chi connectivity index (χ2v) is 5.46. The fourth-order valence-electron chi connectivity index (χ4n) is 1.83. The Hall–Kier alpha value is -1.06. The van der Waals surface area contributed by atoms with Crippen LogP contribution in [0.4, 0.5) is 0 Å². The molecule has 1 aromatic rings. The monoisotopic (exact) mass is 236 g/mol. The largest absolute Gasteiger partial charge is 0.496 e. The summed E-state index contributed by atoms with van der Waals surface area (Å²) in [6, 6.07) is 5.88. The van der Waals surface area contributed by atoms with E-state index < -0.39 is 5.54 Å². The quantitative estimate of drug-likeness (QED) is 0.844. The molecule has 0 radical (unpaired) electrons. The van der Waals surface area contributed by atoms with Gasteiger partial charge in [0.05, 0.1) is 7.11 Å². The molecule has 1 atom stereocenters. The third-order valence-corrected chi connectivity index (χ3v) is 3.04. The first kappa shape index (κ1) is 14.0. The van der Waals surface area contributed by atoms with Crippen LogP contribution >= 0.6 is 0 Å². The summed E-state index contributed by atoms with van der Waals surface area (Å²) in [4.78, 5) is 0. The van der Waals surface area contributed by atoms with E-state index >= 15 is 0 Å². The molecule has 0 amide bonds. The molecular weight excluding hydrogens is 212 g/mol. The predicted octanol–water partition coefficient (Wildman–Crippen LogP) is 2.56. The zero-order valence-electron chi connectivity index (χ0n) is 11.4. The molecule has 0 bridgehead atoms. The van der Waals surface area contributed by atoms with Crippen molar-refractivity contribution in [1.82, 2.24) is 0 Å². The summed E-state index contributed by atoms with van der Waals surface area (Å²) in [5, 5.41) is 0. The van der Waals surface area contributed by atoms with Crippen LogP contribution in [-0.2, 0) is 0 Å². The van der Waals surface area contributed by atoms with Gasteiger partial charge in [-0.1, -0.05) is 26.0 Å². The molecule has 96 valence electrons. The van der Waals surface area contributed by atoms with Crippen LogP contribution in [0, 0.1) is 0 Å². The molecule has 4 N–H and O–H groups in total. The lowest BCUT2D eigenvalue weighted by Crippen LogP contribution is -2.43. The van der Waals surface area contributed by atoms with Crippen LogP contribution in [0.5, 0.6) is 5.75 Å². The van der Waals surface area contributed by atoms with Gasteiger partial charge in [0.1, 0.15) is 5.75 Å². The normalized spacial score (nSPS) is 13.9. The number of rotatable bonds is 4. The van der Waals surface area contributed by atoms with Crippen molar-refractivity contribution in [3.8, 4) is 5.75 Å². The van der Waals surface area contributed by atoms with Gasteiger partial charge in [-0.15, -0.1) is 0 Å². The van der Waals surface area contributed by atoms with E-state index in [9.17, 15) is 0 Å². The third kappa shape index (κ3) is 3.20. The minimum absolute atomic E-state index is 0.175. The van der Waals surface area contributed by atoms with Gasteiger partial charge in [-0.3, -0.25) is 0 Å².